The Labute approximate surface area is 219 Å². The number of nitrogens with two attached hydrogens (primary N) is 1. The number of nitrogens with zero attached hydrogens (tertiary/aromatic N) is 5. The Hall–Kier alpha value is -3.01. The van der Waals surface area contributed by atoms with E-state index in [-0.39, 0.29) is 12.2 Å². The second-order valence-corrected chi connectivity index (χ2v) is 10.6. The fourth-order valence-electron chi connectivity index (χ4n) is 6.01. The normalized spacial score (nSPS) is 22.5. The maximum Gasteiger partial charge on any atom is 0.228 e. The summed E-state index contributed by atoms with van der Waals surface area (Å²) in [5.41, 5.74) is 12.4. The van der Waals surface area contributed by atoms with Crippen LogP contribution in [0.25, 0.3) is 11.3 Å². The Balaban J connectivity index is 1.28. The van der Waals surface area contributed by atoms with E-state index >= 15 is 0 Å². The number of aromatic nitrogens is 4. The topological polar surface area (TPSA) is 111 Å². The molecule has 6 rings (SSSR count). The van der Waals surface area contributed by atoms with Crippen LogP contribution in [0.5, 0.6) is 0 Å². The van der Waals surface area contributed by atoms with Gasteiger partial charge < -0.3 is 20.9 Å². The number of aromatic amines is 1. The molecular formula is C28H39N9. The van der Waals surface area contributed by atoms with E-state index in [1.54, 1.807) is 0 Å². The fourth-order valence-corrected chi connectivity index (χ4v) is 6.01. The number of hydrogen-bond donors (Lipinski definition) is 4. The molecule has 2 aromatic heterocycles. The first kappa shape index (κ1) is 24.3. The molecule has 5 N–H and O–H groups in total. The van der Waals surface area contributed by atoms with Crippen molar-refractivity contribution >= 4 is 11.8 Å². The fraction of sp³-hybridized carbons (Fsp3) is 0.536. The lowest BCUT2D eigenvalue weighted by Crippen LogP contribution is -2.60. The van der Waals surface area contributed by atoms with E-state index in [0.29, 0.717) is 6.54 Å². The van der Waals surface area contributed by atoms with Gasteiger partial charge in [-0.25, -0.2) is 4.98 Å². The molecule has 2 saturated heterocycles. The van der Waals surface area contributed by atoms with Gasteiger partial charge in [-0.15, -0.1) is 0 Å². The SMILES string of the molecule is NC1CCCN(c2nc3c(c(N4CCCCCC4)n2)CNCC3)C1NCc1c[nH]nc1-c1ccccc1. The Kier molecular flexibility index (Phi) is 7.34. The van der Waals surface area contributed by atoms with Crippen molar-refractivity contribution < 1.29 is 0 Å². The second kappa shape index (κ2) is 11.2. The predicted octanol–water partition coefficient (Wildman–Crippen LogP) is 2.94. The molecule has 0 aliphatic carbocycles. The molecule has 2 fully saturated rings. The van der Waals surface area contributed by atoms with Crippen LogP contribution in [0.2, 0.25) is 0 Å². The summed E-state index contributed by atoms with van der Waals surface area (Å²) in [5.74, 6) is 1.95. The predicted molar refractivity (Wildman–Crippen MR) is 147 cm³/mol. The zero-order chi connectivity index (χ0) is 25.0. The monoisotopic (exact) mass is 501 g/mol. The standard InChI is InChI=1S/C28H39N9/c29-23-11-8-16-37(27(23)31-17-21-18-32-35-25(21)20-9-4-3-5-10-20)28-33-24-12-13-30-19-22(24)26(34-28)36-14-6-1-2-7-15-36/h3-5,9-10,18,23,27,30-31H,1-2,6-8,11-17,19,29H2,(H,32,35). The van der Waals surface area contributed by atoms with Crippen molar-refractivity contribution in [2.75, 3.05) is 36.0 Å². The second-order valence-electron chi connectivity index (χ2n) is 10.6. The zero-order valence-electron chi connectivity index (χ0n) is 21.6. The number of piperidine rings is 1. The van der Waals surface area contributed by atoms with Crippen LogP contribution in [0.4, 0.5) is 11.8 Å². The Bertz CT molecular complexity index is 1170. The maximum absolute atomic E-state index is 6.73. The summed E-state index contributed by atoms with van der Waals surface area (Å²) < 4.78 is 0. The lowest BCUT2D eigenvalue weighted by molar-refractivity contribution is 0.341. The maximum atomic E-state index is 6.73. The molecule has 37 heavy (non-hydrogen) atoms. The summed E-state index contributed by atoms with van der Waals surface area (Å²) >= 11 is 0. The van der Waals surface area contributed by atoms with Gasteiger partial charge in [0, 0.05) is 74.6 Å². The van der Waals surface area contributed by atoms with Gasteiger partial charge in [-0.1, -0.05) is 43.2 Å². The number of hydrogen-bond acceptors (Lipinski definition) is 8. The van der Waals surface area contributed by atoms with Crippen LogP contribution in [0.1, 0.15) is 55.3 Å². The summed E-state index contributed by atoms with van der Waals surface area (Å²) in [6, 6.07) is 10.3. The van der Waals surface area contributed by atoms with Gasteiger partial charge in [-0.3, -0.25) is 10.4 Å². The lowest BCUT2D eigenvalue weighted by atomic mass is 10.0. The number of H-pyrrole nitrogens is 1. The van der Waals surface area contributed by atoms with E-state index < -0.39 is 0 Å². The molecule has 3 aliphatic rings. The van der Waals surface area contributed by atoms with Gasteiger partial charge in [-0.2, -0.15) is 10.1 Å². The van der Waals surface area contributed by atoms with Crippen LogP contribution in [0, 0.1) is 0 Å². The summed E-state index contributed by atoms with van der Waals surface area (Å²) in [7, 11) is 0. The first-order chi connectivity index (χ1) is 18.3. The summed E-state index contributed by atoms with van der Waals surface area (Å²) in [5, 5.41) is 14.9. The highest BCUT2D eigenvalue weighted by atomic mass is 15.4. The van der Waals surface area contributed by atoms with E-state index in [4.69, 9.17) is 15.7 Å². The number of benzene rings is 1. The van der Waals surface area contributed by atoms with Crippen molar-refractivity contribution in [2.24, 2.45) is 5.73 Å². The van der Waals surface area contributed by atoms with Gasteiger partial charge in [0.2, 0.25) is 5.95 Å². The molecule has 9 nitrogen and oxygen atoms in total. The van der Waals surface area contributed by atoms with Crippen molar-refractivity contribution in [3.8, 4) is 11.3 Å². The summed E-state index contributed by atoms with van der Waals surface area (Å²) in [6.07, 6.45) is 9.99. The molecule has 0 amide bonds. The van der Waals surface area contributed by atoms with Crippen LogP contribution >= 0.6 is 0 Å². The number of anilines is 2. The average molecular weight is 502 g/mol. The molecule has 0 saturated carbocycles. The van der Waals surface area contributed by atoms with Gasteiger partial charge in [0.1, 0.15) is 5.82 Å². The summed E-state index contributed by atoms with van der Waals surface area (Å²) in [4.78, 5) is 15.2. The molecule has 0 radical (unpaired) electrons. The van der Waals surface area contributed by atoms with E-state index in [1.165, 1.54) is 36.9 Å². The van der Waals surface area contributed by atoms with Crippen molar-refractivity contribution in [3.05, 3.63) is 53.3 Å². The Morgan fingerprint density at radius 2 is 1.84 bits per heavy atom. The minimum absolute atomic E-state index is 0.00348. The number of nitrogens with one attached hydrogen (secondary N) is 3. The van der Waals surface area contributed by atoms with Crippen molar-refractivity contribution in [3.63, 3.8) is 0 Å². The first-order valence-corrected chi connectivity index (χ1v) is 14.0. The van der Waals surface area contributed by atoms with Gasteiger partial charge in [0.15, 0.2) is 0 Å². The highest BCUT2D eigenvalue weighted by Gasteiger charge is 2.33. The molecule has 5 heterocycles. The highest BCUT2D eigenvalue weighted by molar-refractivity contribution is 5.62. The third-order valence-corrected chi connectivity index (χ3v) is 8.01. The smallest absolute Gasteiger partial charge is 0.228 e. The van der Waals surface area contributed by atoms with Crippen molar-refractivity contribution in [1.82, 2.24) is 30.8 Å². The van der Waals surface area contributed by atoms with Gasteiger partial charge >= 0.3 is 0 Å². The molecule has 2 atom stereocenters. The molecule has 3 aliphatic heterocycles. The minimum atomic E-state index is -0.0379. The van der Waals surface area contributed by atoms with Gasteiger partial charge in [0.05, 0.1) is 17.6 Å². The minimum Gasteiger partial charge on any atom is -0.356 e. The Morgan fingerprint density at radius 3 is 2.68 bits per heavy atom. The van der Waals surface area contributed by atoms with Crippen LogP contribution in [-0.2, 0) is 19.5 Å². The van der Waals surface area contributed by atoms with Crippen LogP contribution in [0.3, 0.4) is 0 Å². The molecule has 1 aromatic carbocycles. The highest BCUT2D eigenvalue weighted by Crippen LogP contribution is 2.30. The summed E-state index contributed by atoms with van der Waals surface area (Å²) in [6.45, 7) is 5.54. The Morgan fingerprint density at radius 1 is 1.00 bits per heavy atom. The third kappa shape index (κ3) is 5.21. The molecule has 196 valence electrons. The van der Waals surface area contributed by atoms with Crippen LogP contribution in [-0.4, -0.2) is 58.6 Å². The van der Waals surface area contributed by atoms with Crippen LogP contribution in [0.15, 0.2) is 36.5 Å². The molecule has 0 spiro atoms. The van der Waals surface area contributed by atoms with E-state index in [9.17, 15) is 0 Å². The van der Waals surface area contributed by atoms with Crippen molar-refractivity contribution in [1.29, 1.82) is 0 Å². The molecular weight excluding hydrogens is 462 g/mol. The van der Waals surface area contributed by atoms with Crippen LogP contribution < -0.4 is 26.2 Å². The number of fused-ring (bicyclic) bond motifs is 1. The quantitative estimate of drug-likeness (QED) is 0.408. The average Bonchev–Trinajstić information content (AvgIpc) is 3.25. The largest absolute Gasteiger partial charge is 0.356 e. The number of rotatable bonds is 6. The van der Waals surface area contributed by atoms with Gasteiger partial charge in [-0.05, 0) is 25.7 Å². The lowest BCUT2D eigenvalue weighted by Gasteiger charge is -2.41. The van der Waals surface area contributed by atoms with E-state index in [1.807, 2.05) is 24.4 Å². The molecule has 2 unspecified atom stereocenters. The van der Waals surface area contributed by atoms with E-state index in [2.05, 4.69) is 42.8 Å². The van der Waals surface area contributed by atoms with Gasteiger partial charge in [0.25, 0.3) is 0 Å². The zero-order valence-corrected chi connectivity index (χ0v) is 21.6. The third-order valence-electron chi connectivity index (χ3n) is 8.01. The van der Waals surface area contributed by atoms with E-state index in [0.717, 1.165) is 80.6 Å². The van der Waals surface area contributed by atoms with Crippen molar-refractivity contribution in [2.45, 2.75) is 70.2 Å². The molecule has 0 bridgehead atoms. The molecule has 9 heteroatoms. The first-order valence-electron chi connectivity index (χ1n) is 14.0. The molecule has 3 aromatic rings.